The minimum absolute atomic E-state index is 0.0417. The number of nitrogens with zero attached hydrogens (tertiary/aromatic N) is 6. The Labute approximate surface area is 200 Å². The minimum Gasteiger partial charge on any atom is -0.323 e. The molecule has 0 radical (unpaired) electrons. The zero-order valence-corrected chi connectivity index (χ0v) is 18.8. The van der Waals surface area contributed by atoms with E-state index in [4.69, 9.17) is 0 Å². The van der Waals surface area contributed by atoms with Crippen LogP contribution in [0.2, 0.25) is 0 Å². The highest BCUT2D eigenvalue weighted by Crippen LogP contribution is 2.35. The molecule has 4 aromatic rings. The fourth-order valence-electron chi connectivity index (χ4n) is 3.03. The maximum Gasteiger partial charge on any atom is 0.416 e. The summed E-state index contributed by atoms with van der Waals surface area (Å²) in [6.45, 7) is 1.23. The molecular formula is C22H16F3N7O2S. The third-order valence-electron chi connectivity index (χ3n) is 4.60. The van der Waals surface area contributed by atoms with Gasteiger partial charge >= 0.3 is 6.18 Å². The number of rotatable bonds is 6. The first-order valence-electron chi connectivity index (χ1n) is 9.97. The molecule has 35 heavy (non-hydrogen) atoms. The Hall–Kier alpha value is -4.39. The monoisotopic (exact) mass is 499 g/mol. The summed E-state index contributed by atoms with van der Waals surface area (Å²) in [7, 11) is 0. The van der Waals surface area contributed by atoms with Crippen LogP contribution >= 0.6 is 11.3 Å². The van der Waals surface area contributed by atoms with E-state index in [0.29, 0.717) is 17.1 Å². The van der Waals surface area contributed by atoms with Gasteiger partial charge in [0, 0.05) is 24.1 Å². The predicted molar refractivity (Wildman–Crippen MR) is 123 cm³/mol. The molecule has 0 saturated carbocycles. The molecule has 178 valence electrons. The maximum absolute atomic E-state index is 13.1. The van der Waals surface area contributed by atoms with Gasteiger partial charge in [0.2, 0.25) is 11.8 Å². The zero-order valence-electron chi connectivity index (χ0n) is 18.0. The second-order valence-corrected chi connectivity index (χ2v) is 7.92. The highest BCUT2D eigenvalue weighted by atomic mass is 32.1. The average Bonchev–Trinajstić information content (AvgIpc) is 3.51. The Kier molecular flexibility index (Phi) is 6.68. The van der Waals surface area contributed by atoms with Crippen molar-refractivity contribution in [2.45, 2.75) is 13.1 Å². The lowest BCUT2D eigenvalue weighted by atomic mass is 10.2. The van der Waals surface area contributed by atoms with Gasteiger partial charge in [0.15, 0.2) is 5.13 Å². The normalized spacial score (nSPS) is 11.5. The summed E-state index contributed by atoms with van der Waals surface area (Å²) in [6, 6.07) is 11.3. The van der Waals surface area contributed by atoms with Crippen molar-refractivity contribution < 1.29 is 22.8 Å². The van der Waals surface area contributed by atoms with E-state index in [2.05, 4.69) is 25.8 Å². The molecule has 2 amide bonds. The summed E-state index contributed by atoms with van der Waals surface area (Å²) in [6.07, 6.45) is -0.402. The number of aromatic nitrogens is 5. The molecule has 2 aromatic heterocycles. The summed E-state index contributed by atoms with van der Waals surface area (Å²) < 4.78 is 40.7. The number of hydrogen-bond acceptors (Lipinski definition) is 7. The van der Waals surface area contributed by atoms with Gasteiger partial charge < -0.3 is 5.32 Å². The Morgan fingerprint density at radius 3 is 2.57 bits per heavy atom. The van der Waals surface area contributed by atoms with E-state index in [9.17, 15) is 22.8 Å². The van der Waals surface area contributed by atoms with E-state index < -0.39 is 23.6 Å². The van der Waals surface area contributed by atoms with Crippen molar-refractivity contribution >= 4 is 45.7 Å². The second kappa shape index (κ2) is 9.85. The lowest BCUT2D eigenvalue weighted by molar-refractivity contribution is -0.137. The molecule has 13 heteroatoms. The molecule has 0 atom stereocenters. The Balaban J connectivity index is 1.45. The number of thiazole rings is 1. The van der Waals surface area contributed by atoms with Crippen LogP contribution in [-0.4, -0.2) is 37.0 Å². The highest BCUT2D eigenvalue weighted by Gasteiger charge is 2.31. The summed E-state index contributed by atoms with van der Waals surface area (Å²) in [4.78, 5) is 29.8. The number of carbonyl (C=O) groups excluding carboxylic acids is 2. The number of alkyl halides is 3. The van der Waals surface area contributed by atoms with Crippen LogP contribution in [0.5, 0.6) is 0 Å². The summed E-state index contributed by atoms with van der Waals surface area (Å²) in [5.74, 6) is -0.923. The van der Waals surface area contributed by atoms with E-state index in [-0.39, 0.29) is 10.8 Å². The van der Waals surface area contributed by atoms with Crippen LogP contribution in [0.4, 0.5) is 29.7 Å². The molecule has 0 bridgehead atoms. The van der Waals surface area contributed by atoms with E-state index in [0.717, 1.165) is 28.4 Å². The molecule has 9 nitrogen and oxygen atoms in total. The van der Waals surface area contributed by atoms with Gasteiger partial charge in [-0.25, -0.2) is 9.67 Å². The molecule has 0 aliphatic carbocycles. The lowest BCUT2D eigenvalue weighted by Gasteiger charge is -2.19. The van der Waals surface area contributed by atoms with Crippen molar-refractivity contribution in [3.63, 3.8) is 0 Å². The van der Waals surface area contributed by atoms with Gasteiger partial charge in [-0.15, -0.1) is 16.4 Å². The van der Waals surface area contributed by atoms with Crippen LogP contribution in [0, 0.1) is 0 Å². The van der Waals surface area contributed by atoms with Gasteiger partial charge in [-0.3, -0.25) is 14.5 Å². The largest absolute Gasteiger partial charge is 0.416 e. The molecule has 0 fully saturated rings. The van der Waals surface area contributed by atoms with Crippen molar-refractivity contribution in [3.05, 3.63) is 77.6 Å². The van der Waals surface area contributed by atoms with Crippen molar-refractivity contribution in [2.24, 2.45) is 0 Å². The van der Waals surface area contributed by atoms with E-state index in [1.807, 2.05) is 0 Å². The van der Waals surface area contributed by atoms with Gasteiger partial charge in [0.05, 0.1) is 22.6 Å². The fraction of sp³-hybridized carbons (Fsp3) is 0.0909. The number of benzene rings is 2. The minimum atomic E-state index is -4.55. The smallest absolute Gasteiger partial charge is 0.323 e. The molecule has 0 saturated heterocycles. The first kappa shape index (κ1) is 23.8. The standard InChI is InChI=1S/C22H16F3N7O2S/c1-14(33)32(19-4-2-3-15(11-19)22(23,24)25)21-28-17(12-35-21)7-10-20(34)27-16-5-8-18(9-6-16)31-13-26-29-30-31/h2-13H,1H3,(H,27,34)/b10-7+. The quantitative estimate of drug-likeness (QED) is 0.393. The first-order valence-corrected chi connectivity index (χ1v) is 10.8. The molecule has 0 unspecified atom stereocenters. The van der Waals surface area contributed by atoms with Crippen molar-refractivity contribution in [1.82, 2.24) is 25.2 Å². The first-order chi connectivity index (χ1) is 16.7. The van der Waals surface area contributed by atoms with Gasteiger partial charge in [0.25, 0.3) is 0 Å². The van der Waals surface area contributed by atoms with Crippen LogP contribution in [-0.2, 0) is 15.8 Å². The number of amides is 2. The van der Waals surface area contributed by atoms with Crippen LogP contribution in [0.1, 0.15) is 18.2 Å². The van der Waals surface area contributed by atoms with Gasteiger partial charge in [-0.05, 0) is 59.0 Å². The van der Waals surface area contributed by atoms with Crippen LogP contribution in [0.15, 0.2) is 66.3 Å². The average molecular weight is 499 g/mol. The molecule has 2 aromatic carbocycles. The predicted octanol–water partition coefficient (Wildman–Crippen LogP) is 4.47. The van der Waals surface area contributed by atoms with Crippen LogP contribution in [0.3, 0.4) is 0 Å². The van der Waals surface area contributed by atoms with Crippen LogP contribution < -0.4 is 10.2 Å². The molecular weight excluding hydrogens is 483 g/mol. The van der Waals surface area contributed by atoms with E-state index in [1.54, 1.807) is 29.6 Å². The number of tetrazole rings is 1. The van der Waals surface area contributed by atoms with Crippen LogP contribution in [0.25, 0.3) is 11.8 Å². The SMILES string of the molecule is CC(=O)N(c1cccc(C(F)(F)F)c1)c1nc(/C=C/C(=O)Nc2ccc(-n3cnnn3)cc2)cs1. The van der Waals surface area contributed by atoms with Gasteiger partial charge in [0.1, 0.15) is 6.33 Å². The molecule has 2 heterocycles. The number of carbonyl (C=O) groups is 2. The molecule has 0 aliphatic rings. The Morgan fingerprint density at radius 2 is 1.91 bits per heavy atom. The van der Waals surface area contributed by atoms with Crippen molar-refractivity contribution in [1.29, 1.82) is 0 Å². The number of nitrogens with one attached hydrogen (secondary N) is 1. The molecule has 4 rings (SSSR count). The number of halogens is 3. The fourth-order valence-corrected chi connectivity index (χ4v) is 3.88. The Morgan fingerprint density at radius 1 is 1.14 bits per heavy atom. The van der Waals surface area contributed by atoms with Gasteiger partial charge in [-0.1, -0.05) is 6.07 Å². The number of anilines is 3. The molecule has 0 spiro atoms. The van der Waals surface area contributed by atoms with E-state index in [1.165, 1.54) is 42.2 Å². The van der Waals surface area contributed by atoms with Crippen molar-refractivity contribution in [2.75, 3.05) is 10.2 Å². The molecule has 1 N–H and O–H groups in total. The highest BCUT2D eigenvalue weighted by molar-refractivity contribution is 7.14. The maximum atomic E-state index is 13.1. The van der Waals surface area contributed by atoms with Crippen molar-refractivity contribution in [3.8, 4) is 5.69 Å². The Bertz CT molecular complexity index is 1370. The summed E-state index contributed by atoms with van der Waals surface area (Å²) >= 11 is 1.06. The third-order valence-corrected chi connectivity index (χ3v) is 5.45. The summed E-state index contributed by atoms with van der Waals surface area (Å²) in [5, 5.41) is 15.3. The third kappa shape index (κ3) is 5.76. The summed E-state index contributed by atoms with van der Waals surface area (Å²) in [5.41, 5.74) is 0.796. The van der Waals surface area contributed by atoms with Gasteiger partial charge in [-0.2, -0.15) is 13.2 Å². The van der Waals surface area contributed by atoms with E-state index >= 15 is 0 Å². The zero-order chi connectivity index (χ0) is 25.0. The lowest BCUT2D eigenvalue weighted by Crippen LogP contribution is -2.23. The molecule has 0 aliphatic heterocycles. The second-order valence-electron chi connectivity index (χ2n) is 7.08. The number of hydrogen-bond donors (Lipinski definition) is 1. The topological polar surface area (TPSA) is 106 Å².